The summed E-state index contributed by atoms with van der Waals surface area (Å²) >= 11 is 0. The van der Waals surface area contributed by atoms with Gasteiger partial charge in [0.2, 0.25) is 0 Å². The molecule has 0 amide bonds. The Balaban J connectivity index is 1.87. The fraction of sp³-hybridized carbons (Fsp3) is 0.0625. The molecule has 1 heterocycles. The zero-order valence-corrected chi connectivity index (χ0v) is 10.7. The van der Waals surface area contributed by atoms with Crippen molar-refractivity contribution in [3.05, 3.63) is 65.9 Å². The molecule has 3 rings (SSSR count). The molecule has 0 aliphatic rings. The van der Waals surface area contributed by atoms with Gasteiger partial charge in [0.05, 0.1) is 11.9 Å². The molecule has 1 aromatic heterocycles. The Hall–Kier alpha value is -2.55. The number of nitrogens with zero attached hydrogens (tertiary/aromatic N) is 1. The number of fused-ring (bicyclic) bond motifs is 1. The molecule has 2 N–H and O–H groups in total. The first-order valence-electron chi connectivity index (χ1n) is 6.26. The molecule has 3 nitrogen and oxygen atoms in total. The fourth-order valence-corrected chi connectivity index (χ4v) is 2.15. The van der Waals surface area contributed by atoms with Crippen LogP contribution in [-0.2, 0) is 0 Å². The topological polar surface area (TPSA) is 40.2 Å². The first-order valence-corrected chi connectivity index (χ1v) is 6.26. The van der Waals surface area contributed by atoms with Crippen molar-refractivity contribution in [1.29, 1.82) is 0 Å². The van der Waals surface area contributed by atoms with E-state index in [2.05, 4.69) is 34.6 Å². The maximum Gasteiger partial charge on any atom is 0.0568 e. The standard InChI is InChI=1S/C16H15N3/c1-12-15(14-9-5-6-10-16(14)18-12)11-17-19-13-7-3-2-4-8-13/h2-11,18-19H,1H3. The minimum atomic E-state index is 0.983. The summed E-state index contributed by atoms with van der Waals surface area (Å²) in [6.45, 7) is 2.06. The molecule has 3 aromatic rings. The number of H-pyrrole nitrogens is 1. The smallest absolute Gasteiger partial charge is 0.0568 e. The Morgan fingerprint density at radius 1 is 1.00 bits per heavy atom. The second-order valence-electron chi connectivity index (χ2n) is 4.45. The predicted molar refractivity (Wildman–Crippen MR) is 80.7 cm³/mol. The van der Waals surface area contributed by atoms with E-state index in [1.165, 1.54) is 5.39 Å². The molecular weight excluding hydrogens is 234 g/mol. The van der Waals surface area contributed by atoms with Crippen LogP contribution < -0.4 is 5.43 Å². The highest BCUT2D eigenvalue weighted by molar-refractivity contribution is 6.00. The van der Waals surface area contributed by atoms with Crippen molar-refractivity contribution in [3.63, 3.8) is 0 Å². The van der Waals surface area contributed by atoms with Gasteiger partial charge in [-0.25, -0.2) is 0 Å². The third-order valence-electron chi connectivity index (χ3n) is 3.10. The van der Waals surface area contributed by atoms with Crippen LogP contribution in [0.15, 0.2) is 59.7 Å². The Morgan fingerprint density at radius 3 is 2.58 bits per heavy atom. The Kier molecular flexibility index (Phi) is 3.02. The first kappa shape index (κ1) is 11.5. The summed E-state index contributed by atoms with van der Waals surface area (Å²) in [4.78, 5) is 3.36. The number of para-hydroxylation sites is 2. The lowest BCUT2D eigenvalue weighted by Gasteiger charge is -1.98. The monoisotopic (exact) mass is 249 g/mol. The number of aryl methyl sites for hydroxylation is 1. The molecule has 0 bridgehead atoms. The van der Waals surface area contributed by atoms with Gasteiger partial charge in [-0.1, -0.05) is 36.4 Å². The van der Waals surface area contributed by atoms with Crippen LogP contribution in [0.2, 0.25) is 0 Å². The van der Waals surface area contributed by atoms with Gasteiger partial charge in [0, 0.05) is 22.2 Å². The van der Waals surface area contributed by atoms with E-state index in [9.17, 15) is 0 Å². The predicted octanol–water partition coefficient (Wildman–Crippen LogP) is 3.92. The second kappa shape index (κ2) is 4.98. The number of anilines is 1. The number of hydrazone groups is 1. The summed E-state index contributed by atoms with van der Waals surface area (Å²) in [5, 5.41) is 5.49. The number of hydrogen-bond donors (Lipinski definition) is 2. The van der Waals surface area contributed by atoms with Gasteiger partial charge in [0.1, 0.15) is 0 Å². The lowest BCUT2D eigenvalue weighted by molar-refractivity contribution is 1.28. The Labute approximate surface area is 112 Å². The summed E-state index contributed by atoms with van der Waals surface area (Å²) in [6.07, 6.45) is 1.86. The zero-order chi connectivity index (χ0) is 13.1. The zero-order valence-electron chi connectivity index (χ0n) is 10.7. The van der Waals surface area contributed by atoms with E-state index < -0.39 is 0 Å². The maximum atomic E-state index is 4.30. The first-order chi connectivity index (χ1) is 9.34. The highest BCUT2D eigenvalue weighted by Crippen LogP contribution is 2.20. The molecule has 94 valence electrons. The van der Waals surface area contributed by atoms with Crippen molar-refractivity contribution in [3.8, 4) is 0 Å². The molecule has 0 saturated carbocycles. The molecular formula is C16H15N3. The van der Waals surface area contributed by atoms with Gasteiger partial charge in [0.15, 0.2) is 0 Å². The van der Waals surface area contributed by atoms with Crippen molar-refractivity contribution in [1.82, 2.24) is 4.98 Å². The molecule has 0 unspecified atom stereocenters. The van der Waals surface area contributed by atoms with Crippen LogP contribution in [0.25, 0.3) is 10.9 Å². The van der Waals surface area contributed by atoms with Crippen LogP contribution in [0, 0.1) is 6.92 Å². The number of hydrogen-bond acceptors (Lipinski definition) is 2. The largest absolute Gasteiger partial charge is 0.358 e. The third kappa shape index (κ3) is 2.36. The van der Waals surface area contributed by atoms with Crippen molar-refractivity contribution >= 4 is 22.8 Å². The molecule has 19 heavy (non-hydrogen) atoms. The highest BCUT2D eigenvalue weighted by atomic mass is 15.3. The molecule has 0 fully saturated rings. The van der Waals surface area contributed by atoms with Gasteiger partial charge in [-0.15, -0.1) is 0 Å². The Bertz CT molecular complexity index is 711. The van der Waals surface area contributed by atoms with Crippen molar-refractivity contribution in [2.75, 3.05) is 5.43 Å². The minimum Gasteiger partial charge on any atom is -0.358 e. The number of benzene rings is 2. The lowest BCUT2D eigenvalue weighted by Crippen LogP contribution is -1.90. The van der Waals surface area contributed by atoms with E-state index in [-0.39, 0.29) is 0 Å². The summed E-state index contributed by atoms with van der Waals surface area (Å²) in [5.41, 5.74) is 7.40. The number of aromatic nitrogens is 1. The minimum absolute atomic E-state index is 0.983. The SMILES string of the molecule is Cc1[nH]c2ccccc2c1C=NNc1ccccc1. The van der Waals surface area contributed by atoms with E-state index in [0.717, 1.165) is 22.5 Å². The van der Waals surface area contributed by atoms with Gasteiger partial charge < -0.3 is 4.98 Å². The Morgan fingerprint density at radius 2 is 1.74 bits per heavy atom. The summed E-state index contributed by atoms with van der Waals surface area (Å²) in [6, 6.07) is 18.2. The van der Waals surface area contributed by atoms with Gasteiger partial charge in [-0.3, -0.25) is 5.43 Å². The van der Waals surface area contributed by atoms with Crippen molar-refractivity contribution in [2.24, 2.45) is 5.10 Å². The van der Waals surface area contributed by atoms with Gasteiger partial charge >= 0.3 is 0 Å². The number of rotatable bonds is 3. The van der Waals surface area contributed by atoms with Crippen LogP contribution in [0.1, 0.15) is 11.3 Å². The molecule has 0 aliphatic carbocycles. The van der Waals surface area contributed by atoms with Crippen LogP contribution in [0.4, 0.5) is 5.69 Å². The fourth-order valence-electron chi connectivity index (χ4n) is 2.15. The van der Waals surface area contributed by atoms with Crippen molar-refractivity contribution < 1.29 is 0 Å². The summed E-state index contributed by atoms with van der Waals surface area (Å²) in [7, 11) is 0. The van der Waals surface area contributed by atoms with E-state index in [4.69, 9.17) is 0 Å². The molecule has 0 atom stereocenters. The lowest BCUT2D eigenvalue weighted by atomic mass is 10.1. The van der Waals surface area contributed by atoms with E-state index >= 15 is 0 Å². The maximum absolute atomic E-state index is 4.30. The van der Waals surface area contributed by atoms with Crippen LogP contribution in [0.3, 0.4) is 0 Å². The molecule has 2 aromatic carbocycles. The van der Waals surface area contributed by atoms with Gasteiger partial charge in [-0.2, -0.15) is 5.10 Å². The van der Waals surface area contributed by atoms with E-state index in [1.54, 1.807) is 0 Å². The van der Waals surface area contributed by atoms with Gasteiger partial charge in [-0.05, 0) is 25.1 Å². The molecule has 0 aliphatic heterocycles. The van der Waals surface area contributed by atoms with Gasteiger partial charge in [0.25, 0.3) is 0 Å². The summed E-state index contributed by atoms with van der Waals surface area (Å²) in [5.74, 6) is 0. The highest BCUT2D eigenvalue weighted by Gasteiger charge is 2.04. The number of nitrogens with one attached hydrogen (secondary N) is 2. The van der Waals surface area contributed by atoms with Crippen LogP contribution >= 0.6 is 0 Å². The average molecular weight is 249 g/mol. The van der Waals surface area contributed by atoms with Crippen LogP contribution in [0.5, 0.6) is 0 Å². The molecule has 0 radical (unpaired) electrons. The van der Waals surface area contributed by atoms with Crippen molar-refractivity contribution in [2.45, 2.75) is 6.92 Å². The average Bonchev–Trinajstić information content (AvgIpc) is 2.76. The second-order valence-corrected chi connectivity index (χ2v) is 4.45. The molecule has 3 heteroatoms. The van der Waals surface area contributed by atoms with E-state index in [1.807, 2.05) is 48.7 Å². The third-order valence-corrected chi connectivity index (χ3v) is 3.10. The van der Waals surface area contributed by atoms with E-state index in [0.29, 0.717) is 0 Å². The summed E-state index contributed by atoms with van der Waals surface area (Å²) < 4.78 is 0. The number of aromatic amines is 1. The van der Waals surface area contributed by atoms with Crippen LogP contribution in [-0.4, -0.2) is 11.2 Å². The normalized spacial score (nSPS) is 11.2. The molecule has 0 spiro atoms. The quantitative estimate of drug-likeness (QED) is 0.536. The molecule has 0 saturated heterocycles.